The monoisotopic (exact) mass is 475 g/mol. The van der Waals surface area contributed by atoms with Crippen molar-refractivity contribution in [3.63, 3.8) is 0 Å². The lowest BCUT2D eigenvalue weighted by Crippen LogP contribution is -1.97. The number of aromatic nitrogens is 5. The van der Waals surface area contributed by atoms with E-state index in [1.807, 2.05) is 54.6 Å². The molecule has 0 saturated carbocycles. The minimum atomic E-state index is 0.672. The molecule has 0 atom stereocenters. The smallest absolute Gasteiger partial charge is 0.235 e. The number of hydrogen-bond acceptors (Lipinski definition) is 4. The van der Waals surface area contributed by atoms with Gasteiger partial charge in [-0.1, -0.05) is 72.8 Å². The highest BCUT2D eigenvalue weighted by Crippen LogP contribution is 2.31. The fourth-order valence-corrected chi connectivity index (χ4v) is 4.73. The first-order valence-corrected chi connectivity index (χ1v) is 12.2. The summed E-state index contributed by atoms with van der Waals surface area (Å²) in [4.78, 5) is 19.0. The number of pyridine rings is 2. The Morgan fingerprint density at radius 2 is 1.14 bits per heavy atom. The molecule has 0 bridgehead atoms. The lowest BCUT2D eigenvalue weighted by atomic mass is 10.1. The summed E-state index contributed by atoms with van der Waals surface area (Å²) in [5.74, 6) is 0.672. The zero-order valence-electron chi connectivity index (χ0n) is 19.9. The molecule has 0 aliphatic heterocycles. The fourth-order valence-electron chi connectivity index (χ4n) is 4.73. The topological polar surface area (TPSA) is 56.0 Å². The van der Waals surface area contributed by atoms with Gasteiger partial charge in [-0.05, 0) is 48.0 Å². The largest absolute Gasteiger partial charge is 0.276 e. The highest BCUT2D eigenvalue weighted by Gasteiger charge is 2.15. The van der Waals surface area contributed by atoms with Crippen LogP contribution in [-0.4, -0.2) is 24.3 Å². The maximum absolute atomic E-state index is 4.97. The van der Waals surface area contributed by atoms with Crippen molar-refractivity contribution in [3.05, 3.63) is 128 Å². The van der Waals surface area contributed by atoms with Crippen LogP contribution in [-0.2, 0) is 0 Å². The van der Waals surface area contributed by atoms with Crippen molar-refractivity contribution in [2.24, 2.45) is 0 Å². The van der Waals surface area contributed by atoms with E-state index in [1.165, 1.54) is 0 Å². The number of rotatable bonds is 4. The highest BCUT2D eigenvalue weighted by atomic mass is 15.1. The second-order valence-corrected chi connectivity index (χ2v) is 8.85. The average molecular weight is 476 g/mol. The zero-order chi connectivity index (χ0) is 24.6. The van der Waals surface area contributed by atoms with Crippen LogP contribution in [0.15, 0.2) is 128 Å². The van der Waals surface area contributed by atoms with Crippen molar-refractivity contribution in [2.75, 3.05) is 0 Å². The Morgan fingerprint density at radius 3 is 1.89 bits per heavy atom. The van der Waals surface area contributed by atoms with Crippen LogP contribution < -0.4 is 0 Å². The molecular formula is C32H21N5. The molecule has 0 aliphatic rings. The second-order valence-electron chi connectivity index (χ2n) is 8.85. The Kier molecular flexibility index (Phi) is 5.03. The van der Waals surface area contributed by atoms with Gasteiger partial charge in [0.1, 0.15) is 0 Å². The van der Waals surface area contributed by atoms with Crippen LogP contribution in [0.5, 0.6) is 0 Å². The second kappa shape index (κ2) is 8.81. The van der Waals surface area contributed by atoms with Crippen molar-refractivity contribution < 1.29 is 0 Å². The lowest BCUT2D eigenvalue weighted by molar-refractivity contribution is 1.14. The Bertz CT molecular complexity index is 1860. The number of fused-ring (bicyclic) bond motifs is 3. The normalized spacial score (nSPS) is 11.2. The van der Waals surface area contributed by atoms with Crippen molar-refractivity contribution in [2.45, 2.75) is 0 Å². The van der Waals surface area contributed by atoms with Gasteiger partial charge >= 0.3 is 0 Å². The summed E-state index contributed by atoms with van der Waals surface area (Å²) in [7, 11) is 0. The predicted molar refractivity (Wildman–Crippen MR) is 148 cm³/mol. The van der Waals surface area contributed by atoms with E-state index in [9.17, 15) is 0 Å². The van der Waals surface area contributed by atoms with Gasteiger partial charge < -0.3 is 0 Å². The van der Waals surface area contributed by atoms with E-state index in [4.69, 9.17) is 15.0 Å². The Hall–Kier alpha value is -5.16. The Morgan fingerprint density at radius 1 is 0.459 bits per heavy atom. The van der Waals surface area contributed by atoms with Gasteiger partial charge in [0.15, 0.2) is 0 Å². The molecule has 0 spiro atoms. The van der Waals surface area contributed by atoms with Crippen molar-refractivity contribution >= 4 is 16.8 Å². The Balaban J connectivity index is 1.42. The molecule has 5 heteroatoms. The maximum Gasteiger partial charge on any atom is 0.235 e. The number of hydrogen-bond donors (Lipinski definition) is 0. The summed E-state index contributed by atoms with van der Waals surface area (Å²) in [6.07, 6.45) is 3.57. The SMILES string of the molecule is c1ccc(-c2cc(-c3ccccc3)n3c(n2)nc2cc(-c4cccc(-c5ccncc5)n4)ccc23)cc1. The van der Waals surface area contributed by atoms with Gasteiger partial charge in [-0.25, -0.2) is 15.0 Å². The molecule has 5 nitrogen and oxygen atoms in total. The van der Waals surface area contributed by atoms with E-state index in [0.29, 0.717) is 5.78 Å². The molecule has 4 aromatic heterocycles. The van der Waals surface area contributed by atoms with E-state index >= 15 is 0 Å². The Labute approximate surface area is 213 Å². The van der Waals surface area contributed by atoms with E-state index in [2.05, 4.69) is 70.0 Å². The average Bonchev–Trinajstić information content (AvgIpc) is 3.36. The van der Waals surface area contributed by atoms with Gasteiger partial charge in [-0.2, -0.15) is 0 Å². The molecule has 174 valence electrons. The first kappa shape index (κ1) is 21.1. The third kappa shape index (κ3) is 3.83. The summed E-state index contributed by atoms with van der Waals surface area (Å²) in [6, 6.07) is 39.1. The van der Waals surface area contributed by atoms with Crippen molar-refractivity contribution in [1.82, 2.24) is 24.3 Å². The van der Waals surface area contributed by atoms with Crippen LogP contribution in [0.2, 0.25) is 0 Å². The van der Waals surface area contributed by atoms with E-state index in [0.717, 1.165) is 56.1 Å². The third-order valence-corrected chi connectivity index (χ3v) is 6.53. The van der Waals surface area contributed by atoms with Gasteiger partial charge in [-0.3, -0.25) is 9.38 Å². The first-order chi connectivity index (χ1) is 18.3. The maximum atomic E-state index is 4.97. The van der Waals surface area contributed by atoms with Crippen LogP contribution in [0.25, 0.3) is 61.8 Å². The molecule has 0 fully saturated rings. The molecule has 0 radical (unpaired) electrons. The quantitative estimate of drug-likeness (QED) is 0.267. The van der Waals surface area contributed by atoms with Crippen molar-refractivity contribution in [1.29, 1.82) is 0 Å². The lowest BCUT2D eigenvalue weighted by Gasteiger charge is -2.10. The molecule has 0 amide bonds. The summed E-state index contributed by atoms with van der Waals surface area (Å²) in [5.41, 5.74) is 9.87. The molecule has 7 aromatic rings. The van der Waals surface area contributed by atoms with E-state index < -0.39 is 0 Å². The molecule has 0 saturated heterocycles. The molecular weight excluding hydrogens is 454 g/mol. The van der Waals surface area contributed by atoms with Crippen LogP contribution in [0.1, 0.15) is 0 Å². The number of benzene rings is 3. The van der Waals surface area contributed by atoms with Crippen LogP contribution in [0, 0.1) is 0 Å². The number of nitrogens with zero attached hydrogens (tertiary/aromatic N) is 5. The van der Waals surface area contributed by atoms with Gasteiger partial charge in [0.2, 0.25) is 5.78 Å². The third-order valence-electron chi connectivity index (χ3n) is 6.53. The summed E-state index contributed by atoms with van der Waals surface area (Å²) >= 11 is 0. The highest BCUT2D eigenvalue weighted by molar-refractivity contribution is 5.87. The van der Waals surface area contributed by atoms with Gasteiger partial charge in [0.05, 0.1) is 33.8 Å². The summed E-state index contributed by atoms with van der Waals surface area (Å²) in [5, 5.41) is 0. The summed E-state index contributed by atoms with van der Waals surface area (Å²) in [6.45, 7) is 0. The fraction of sp³-hybridized carbons (Fsp3) is 0. The molecule has 0 unspecified atom stereocenters. The summed E-state index contributed by atoms with van der Waals surface area (Å²) < 4.78 is 2.14. The van der Waals surface area contributed by atoms with E-state index in [1.54, 1.807) is 12.4 Å². The standard InChI is InChI=1S/C32H21N5/c1-3-8-22(9-4-1)28-21-31(24-10-5-2-6-11-24)37-30-15-14-25(20-29(30)36-32(37)35-28)27-13-7-12-26(34-27)23-16-18-33-19-17-23/h1-21H. The van der Waals surface area contributed by atoms with E-state index in [-0.39, 0.29) is 0 Å². The van der Waals surface area contributed by atoms with Gasteiger partial charge in [0, 0.05) is 29.1 Å². The minimum absolute atomic E-state index is 0.672. The first-order valence-electron chi connectivity index (χ1n) is 12.2. The minimum Gasteiger partial charge on any atom is -0.276 e. The van der Waals surface area contributed by atoms with Crippen molar-refractivity contribution in [3.8, 4) is 45.0 Å². The number of imidazole rings is 1. The molecule has 7 rings (SSSR count). The molecule has 37 heavy (non-hydrogen) atoms. The molecule has 0 N–H and O–H groups in total. The predicted octanol–water partition coefficient (Wildman–Crippen LogP) is 7.34. The van der Waals surface area contributed by atoms with Crippen LogP contribution in [0.4, 0.5) is 0 Å². The molecule has 4 heterocycles. The van der Waals surface area contributed by atoms with Crippen LogP contribution in [0.3, 0.4) is 0 Å². The van der Waals surface area contributed by atoms with Gasteiger partial charge in [-0.15, -0.1) is 0 Å². The zero-order valence-corrected chi connectivity index (χ0v) is 19.9. The van der Waals surface area contributed by atoms with Gasteiger partial charge in [0.25, 0.3) is 0 Å². The van der Waals surface area contributed by atoms with Crippen LogP contribution >= 0.6 is 0 Å². The molecule has 3 aromatic carbocycles. The molecule has 0 aliphatic carbocycles.